The summed E-state index contributed by atoms with van der Waals surface area (Å²) in [6.45, 7) is 0. The fourth-order valence-electron chi connectivity index (χ4n) is 0. The molecule has 0 aromatic heterocycles. The van der Waals surface area contributed by atoms with Crippen LogP contribution in [0.3, 0.4) is 0 Å². The summed E-state index contributed by atoms with van der Waals surface area (Å²) in [5.74, 6) is 0. The van der Waals surface area contributed by atoms with Crippen molar-refractivity contribution in [1.82, 2.24) is 0 Å². The zero-order valence-electron chi connectivity index (χ0n) is 2.66. The molecule has 0 saturated carbocycles. The molecule has 0 heterocycles. The van der Waals surface area contributed by atoms with Crippen LogP contribution in [0.4, 0.5) is 4.79 Å². The van der Waals surface area contributed by atoms with Crippen molar-refractivity contribution in [3.05, 3.63) is 0 Å². The van der Waals surface area contributed by atoms with Gasteiger partial charge in [0.15, 0.2) is 0 Å². The quantitative estimate of drug-likeness (QED) is 0.508. The summed E-state index contributed by atoms with van der Waals surface area (Å²) >= 11 is 0. The molecular formula is CH3CrNaO3V. The summed E-state index contributed by atoms with van der Waals surface area (Å²) in [4.78, 5) is 8.56. The van der Waals surface area contributed by atoms with Gasteiger partial charge in [0.05, 0.1) is 0 Å². The Morgan fingerprint density at radius 1 is 1.29 bits per heavy atom. The number of carbonyl (C=O) groups is 1. The predicted octanol–water partition coefficient (Wildman–Crippen LogP) is -0.431. The Bertz CT molecular complexity index is 37.9. The maximum Gasteiger partial charge on any atom is 0 e. The number of carboxylic acid groups (broad SMARTS) is 2. The van der Waals surface area contributed by atoms with E-state index in [4.69, 9.17) is 15.0 Å². The summed E-state index contributed by atoms with van der Waals surface area (Å²) < 4.78 is 0. The van der Waals surface area contributed by atoms with E-state index in [0.717, 1.165) is 0 Å². The zero-order chi connectivity index (χ0) is 3.58. The molecule has 0 unspecified atom stereocenters. The minimum absolute atomic E-state index is 0. The first kappa shape index (κ1) is 23.8. The Labute approximate surface area is 85.8 Å². The van der Waals surface area contributed by atoms with Crippen LogP contribution < -0.4 is 0 Å². The van der Waals surface area contributed by atoms with Gasteiger partial charge in [-0.2, -0.15) is 0 Å². The van der Waals surface area contributed by atoms with Crippen LogP contribution in [0, 0.1) is 0 Å². The Balaban J connectivity index is -0.0000000150. The van der Waals surface area contributed by atoms with Crippen molar-refractivity contribution in [2.24, 2.45) is 0 Å². The second-order valence-corrected chi connectivity index (χ2v) is 0.283. The van der Waals surface area contributed by atoms with Crippen molar-refractivity contribution in [2.45, 2.75) is 0 Å². The summed E-state index contributed by atoms with van der Waals surface area (Å²) in [5.41, 5.74) is 0. The summed E-state index contributed by atoms with van der Waals surface area (Å²) in [6, 6.07) is 0. The monoisotopic (exact) mass is 189 g/mol. The van der Waals surface area contributed by atoms with E-state index in [1.807, 2.05) is 0 Å². The van der Waals surface area contributed by atoms with Crippen LogP contribution in [0.25, 0.3) is 0 Å². The van der Waals surface area contributed by atoms with Crippen molar-refractivity contribution in [1.29, 1.82) is 0 Å². The van der Waals surface area contributed by atoms with Crippen molar-refractivity contribution in [2.75, 3.05) is 0 Å². The minimum Gasteiger partial charge on any atom is 0 e. The topological polar surface area (TPSA) is 57.5 Å². The fourth-order valence-corrected chi connectivity index (χ4v) is 0. The summed E-state index contributed by atoms with van der Waals surface area (Å²) in [5, 5.41) is 13.9. The van der Waals surface area contributed by atoms with Gasteiger partial charge in [0.1, 0.15) is 0 Å². The molecule has 2 N–H and O–H groups in total. The summed E-state index contributed by atoms with van der Waals surface area (Å²) in [6.07, 6.45) is -1.83. The average molecular weight is 189 g/mol. The molecule has 0 fully saturated rings. The smallest absolute Gasteiger partial charge is 0 e. The zero-order valence-corrected chi connectivity index (χ0v) is 5.33. The Morgan fingerprint density at radius 2 is 1.29 bits per heavy atom. The molecule has 7 heavy (non-hydrogen) atoms. The second kappa shape index (κ2) is 15.7. The van der Waals surface area contributed by atoms with E-state index >= 15 is 0 Å². The maximum atomic E-state index is 8.56. The molecule has 0 aliphatic rings. The fraction of sp³-hybridized carbons (Fsp3) is 0. The van der Waals surface area contributed by atoms with Crippen LogP contribution in [0.1, 0.15) is 0 Å². The minimum atomic E-state index is -1.83. The molecule has 0 bridgehead atoms. The number of hydrogen-bond acceptors (Lipinski definition) is 1. The molecule has 0 amide bonds. The Kier molecular flexibility index (Phi) is 53.2. The molecule has 0 rings (SSSR count). The number of hydrogen-bond donors (Lipinski definition) is 2. The molecule has 0 aromatic rings. The van der Waals surface area contributed by atoms with Gasteiger partial charge in [-0.05, 0) is 0 Å². The number of rotatable bonds is 0. The van der Waals surface area contributed by atoms with E-state index in [1.165, 1.54) is 0 Å². The van der Waals surface area contributed by atoms with Crippen LogP contribution >= 0.6 is 0 Å². The van der Waals surface area contributed by atoms with E-state index in [1.54, 1.807) is 0 Å². The van der Waals surface area contributed by atoms with Gasteiger partial charge in [-0.3, -0.25) is 0 Å². The van der Waals surface area contributed by atoms with Crippen molar-refractivity contribution in [3.63, 3.8) is 0 Å². The van der Waals surface area contributed by atoms with Crippen LogP contribution in [0.5, 0.6) is 0 Å². The van der Waals surface area contributed by atoms with E-state index < -0.39 is 6.16 Å². The Morgan fingerprint density at radius 3 is 1.29 bits per heavy atom. The first-order valence-electron chi connectivity index (χ1n) is 0.651. The normalized spacial score (nSPS) is 3.43. The standard InChI is InChI=1S/CH2O3.Cr.Na.V.H/c2-1(3)4;;;;/h(H2,2,3,4);;;;. The first-order chi connectivity index (χ1) is 1.73. The third-order valence-electron chi connectivity index (χ3n) is 0. The van der Waals surface area contributed by atoms with Gasteiger partial charge in [-0.25, -0.2) is 4.79 Å². The van der Waals surface area contributed by atoms with Crippen molar-refractivity contribution in [3.8, 4) is 0 Å². The van der Waals surface area contributed by atoms with Crippen LogP contribution in [-0.2, 0) is 35.9 Å². The predicted molar refractivity (Wildman–Crippen MR) is 17.8 cm³/mol. The van der Waals surface area contributed by atoms with Gasteiger partial charge in [0.2, 0.25) is 0 Å². The molecule has 1 radical (unpaired) electrons. The van der Waals surface area contributed by atoms with Gasteiger partial charge in [-0.1, -0.05) is 0 Å². The van der Waals surface area contributed by atoms with Crippen LogP contribution in [-0.4, -0.2) is 45.9 Å². The van der Waals surface area contributed by atoms with Crippen LogP contribution in [0.15, 0.2) is 0 Å². The van der Waals surface area contributed by atoms with Crippen molar-refractivity contribution < 1.29 is 50.9 Å². The molecule has 0 spiro atoms. The van der Waals surface area contributed by atoms with Gasteiger partial charge >= 0.3 is 35.7 Å². The third kappa shape index (κ3) is 111. The maximum absolute atomic E-state index is 8.56. The largest absolute Gasteiger partial charge is 0 e. The molecule has 37 valence electrons. The first-order valence-corrected chi connectivity index (χ1v) is 0.651. The molecule has 0 aliphatic heterocycles. The Hall–Kier alpha value is 1.39. The second-order valence-electron chi connectivity index (χ2n) is 0.283. The molecule has 6 heteroatoms. The van der Waals surface area contributed by atoms with E-state index in [-0.39, 0.29) is 65.5 Å². The van der Waals surface area contributed by atoms with Gasteiger partial charge < -0.3 is 10.2 Å². The summed E-state index contributed by atoms with van der Waals surface area (Å²) in [7, 11) is 0. The van der Waals surface area contributed by atoms with Gasteiger partial charge in [0.25, 0.3) is 0 Å². The van der Waals surface area contributed by atoms with E-state index in [2.05, 4.69) is 0 Å². The third-order valence-corrected chi connectivity index (χ3v) is 0. The van der Waals surface area contributed by atoms with Crippen LogP contribution in [0.2, 0.25) is 0 Å². The molecule has 0 aliphatic carbocycles. The van der Waals surface area contributed by atoms with Gasteiger partial charge in [0, 0.05) is 35.9 Å². The SMILES string of the molecule is O=C(O)O.[Cr].[NaH].[V]. The van der Waals surface area contributed by atoms with Crippen molar-refractivity contribution >= 4 is 35.7 Å². The molecule has 0 atom stereocenters. The van der Waals surface area contributed by atoms with Gasteiger partial charge in [-0.15, -0.1) is 0 Å². The molecule has 0 saturated heterocycles. The van der Waals surface area contributed by atoms with E-state index in [0.29, 0.717) is 0 Å². The van der Waals surface area contributed by atoms with E-state index in [9.17, 15) is 0 Å². The molecule has 0 aromatic carbocycles. The molecular weight excluding hydrogens is 186 g/mol. The average Bonchev–Trinajstić information content (AvgIpc) is 0.811. The molecule has 3 nitrogen and oxygen atoms in total.